The molecule has 0 aliphatic carbocycles. The van der Waals surface area contributed by atoms with Crippen LogP contribution in [0.4, 0.5) is 0 Å². The Morgan fingerprint density at radius 2 is 2.13 bits per heavy atom. The van der Waals surface area contributed by atoms with E-state index in [0.717, 1.165) is 12.4 Å². The second-order valence-corrected chi connectivity index (χ2v) is 4.73. The highest BCUT2D eigenvalue weighted by Gasteiger charge is 2.01. The molecule has 0 saturated carbocycles. The molecule has 0 aliphatic rings. The van der Waals surface area contributed by atoms with Gasteiger partial charge in [-0.05, 0) is 24.9 Å². The lowest BCUT2D eigenvalue weighted by molar-refractivity contribution is 0.572. The molecule has 0 aromatic carbocycles. The highest BCUT2D eigenvalue weighted by Crippen LogP contribution is 2.07. The second kappa shape index (κ2) is 7.99. The van der Waals surface area contributed by atoms with Crippen LogP contribution in [0.25, 0.3) is 0 Å². The van der Waals surface area contributed by atoms with Crippen LogP contribution < -0.4 is 0 Å². The monoisotopic (exact) mass is 247 g/mol. The summed E-state index contributed by atoms with van der Waals surface area (Å²) in [7, 11) is 0. The van der Waals surface area contributed by atoms with Gasteiger partial charge in [-0.1, -0.05) is 12.8 Å². The molecule has 0 saturated heterocycles. The third-order valence-corrected chi connectivity index (χ3v) is 3.25. The number of thioether (sulfide) groups is 1. The summed E-state index contributed by atoms with van der Waals surface area (Å²) < 4.78 is 2.04. The van der Waals surface area contributed by atoms with Crippen molar-refractivity contribution in [2.75, 3.05) is 12.0 Å². The molecule has 15 heavy (non-hydrogen) atoms. The lowest BCUT2D eigenvalue weighted by Crippen LogP contribution is -2.01. The summed E-state index contributed by atoms with van der Waals surface area (Å²) in [5.41, 5.74) is 0. The van der Waals surface area contributed by atoms with Gasteiger partial charge in [0.25, 0.3) is 0 Å². The molecule has 0 radical (unpaired) electrons. The molecule has 0 spiro atoms. The van der Waals surface area contributed by atoms with Crippen LogP contribution >= 0.6 is 23.4 Å². The van der Waals surface area contributed by atoms with Crippen LogP contribution in [0.3, 0.4) is 0 Å². The summed E-state index contributed by atoms with van der Waals surface area (Å²) in [6.07, 6.45) is 9.03. The molecular formula is C10H18ClN3S. The van der Waals surface area contributed by atoms with E-state index in [-0.39, 0.29) is 0 Å². The van der Waals surface area contributed by atoms with Crippen LogP contribution in [0, 0.1) is 0 Å². The van der Waals surface area contributed by atoms with Gasteiger partial charge in [0.15, 0.2) is 0 Å². The van der Waals surface area contributed by atoms with E-state index >= 15 is 0 Å². The number of nitrogens with zero attached hydrogens (tertiary/aromatic N) is 3. The van der Waals surface area contributed by atoms with Crippen molar-refractivity contribution in [1.29, 1.82) is 0 Å². The molecule has 0 atom stereocenters. The van der Waals surface area contributed by atoms with Crippen molar-refractivity contribution in [3.05, 3.63) is 12.2 Å². The van der Waals surface area contributed by atoms with Gasteiger partial charge in [-0.3, -0.25) is 0 Å². The maximum Gasteiger partial charge on any atom is 0.147 e. The molecular weight excluding hydrogens is 230 g/mol. The molecule has 1 rings (SSSR count). The van der Waals surface area contributed by atoms with Crippen molar-refractivity contribution in [1.82, 2.24) is 14.8 Å². The molecule has 3 nitrogen and oxygen atoms in total. The summed E-state index contributed by atoms with van der Waals surface area (Å²) in [6, 6.07) is 0. The topological polar surface area (TPSA) is 30.7 Å². The van der Waals surface area contributed by atoms with Crippen molar-refractivity contribution in [2.45, 2.75) is 38.1 Å². The Bertz CT molecular complexity index is 265. The minimum absolute atomic E-state index is 0.451. The Morgan fingerprint density at radius 1 is 1.33 bits per heavy atom. The average molecular weight is 248 g/mol. The van der Waals surface area contributed by atoms with E-state index in [9.17, 15) is 0 Å². The maximum absolute atomic E-state index is 5.73. The summed E-state index contributed by atoms with van der Waals surface area (Å²) in [5.74, 6) is 2.60. The highest BCUT2D eigenvalue weighted by molar-refractivity contribution is 7.98. The number of hydrogen-bond donors (Lipinski definition) is 0. The van der Waals surface area contributed by atoms with Gasteiger partial charge in [-0.2, -0.15) is 11.8 Å². The normalized spacial score (nSPS) is 10.8. The first-order chi connectivity index (χ1) is 7.38. The molecule has 0 fully saturated rings. The fraction of sp³-hybridized carbons (Fsp3) is 0.800. The van der Waals surface area contributed by atoms with Crippen molar-refractivity contribution >= 4 is 23.4 Å². The average Bonchev–Trinajstić information content (AvgIpc) is 2.70. The summed E-state index contributed by atoms with van der Waals surface area (Å²) in [5, 5.41) is 7.79. The predicted molar refractivity (Wildman–Crippen MR) is 66.4 cm³/mol. The zero-order valence-corrected chi connectivity index (χ0v) is 10.7. The zero-order valence-electron chi connectivity index (χ0n) is 9.15. The minimum atomic E-state index is 0.451. The van der Waals surface area contributed by atoms with Crippen LogP contribution in [0.5, 0.6) is 0 Å². The number of rotatable bonds is 8. The van der Waals surface area contributed by atoms with Crippen LogP contribution in [-0.2, 0) is 12.4 Å². The maximum atomic E-state index is 5.73. The summed E-state index contributed by atoms with van der Waals surface area (Å²) in [6.45, 7) is 0.994. The number of unbranched alkanes of at least 4 members (excludes halogenated alkanes) is 3. The Hall–Kier alpha value is -0.220. The molecule has 1 aromatic heterocycles. The van der Waals surface area contributed by atoms with E-state index in [4.69, 9.17) is 11.6 Å². The molecule has 86 valence electrons. The zero-order chi connectivity index (χ0) is 10.9. The van der Waals surface area contributed by atoms with Crippen molar-refractivity contribution in [2.24, 2.45) is 0 Å². The molecule has 0 amide bonds. The van der Waals surface area contributed by atoms with Gasteiger partial charge in [0.1, 0.15) is 12.2 Å². The Balaban J connectivity index is 2.09. The summed E-state index contributed by atoms with van der Waals surface area (Å²) in [4.78, 5) is 0. The van der Waals surface area contributed by atoms with Gasteiger partial charge in [0.2, 0.25) is 0 Å². The number of halogens is 1. The first-order valence-electron chi connectivity index (χ1n) is 5.30. The molecule has 5 heteroatoms. The van der Waals surface area contributed by atoms with Gasteiger partial charge < -0.3 is 4.57 Å². The number of alkyl halides is 1. The van der Waals surface area contributed by atoms with E-state index in [1.165, 1.54) is 31.4 Å². The van der Waals surface area contributed by atoms with Gasteiger partial charge in [-0.25, -0.2) is 0 Å². The van der Waals surface area contributed by atoms with Gasteiger partial charge in [-0.15, -0.1) is 21.8 Å². The lowest BCUT2D eigenvalue weighted by atomic mass is 10.2. The van der Waals surface area contributed by atoms with Gasteiger partial charge >= 0.3 is 0 Å². The van der Waals surface area contributed by atoms with E-state index in [2.05, 4.69) is 16.5 Å². The molecule has 0 N–H and O–H groups in total. The number of hydrogen-bond acceptors (Lipinski definition) is 3. The fourth-order valence-corrected chi connectivity index (χ4v) is 2.15. The Labute approximate surface area is 101 Å². The van der Waals surface area contributed by atoms with Gasteiger partial charge in [0, 0.05) is 6.54 Å². The number of aromatic nitrogens is 3. The first-order valence-corrected chi connectivity index (χ1v) is 7.23. The molecule has 0 aliphatic heterocycles. The first kappa shape index (κ1) is 12.8. The quantitative estimate of drug-likeness (QED) is 0.523. The predicted octanol–water partition coefficient (Wildman–Crippen LogP) is 2.94. The van der Waals surface area contributed by atoms with Gasteiger partial charge in [0.05, 0.1) is 5.88 Å². The van der Waals surface area contributed by atoms with Crippen LogP contribution in [0.2, 0.25) is 0 Å². The number of aryl methyl sites for hydroxylation is 1. The molecule has 1 heterocycles. The van der Waals surface area contributed by atoms with E-state index in [1.54, 1.807) is 6.33 Å². The molecule has 1 aromatic rings. The third kappa shape index (κ3) is 4.89. The minimum Gasteiger partial charge on any atom is -0.317 e. The Kier molecular flexibility index (Phi) is 6.85. The lowest BCUT2D eigenvalue weighted by Gasteiger charge is -2.04. The standard InChI is InChI=1S/C10H18ClN3S/c1-15-7-5-3-2-4-6-14-9-12-13-10(14)8-11/h9H,2-8H2,1H3. The van der Waals surface area contributed by atoms with Crippen LogP contribution in [0.15, 0.2) is 6.33 Å². The fourth-order valence-electron chi connectivity index (χ4n) is 1.45. The van der Waals surface area contributed by atoms with Crippen molar-refractivity contribution in [3.8, 4) is 0 Å². The van der Waals surface area contributed by atoms with Crippen molar-refractivity contribution < 1.29 is 0 Å². The van der Waals surface area contributed by atoms with Crippen molar-refractivity contribution in [3.63, 3.8) is 0 Å². The smallest absolute Gasteiger partial charge is 0.147 e. The van der Waals surface area contributed by atoms with Crippen LogP contribution in [0.1, 0.15) is 31.5 Å². The summed E-state index contributed by atoms with van der Waals surface area (Å²) >= 11 is 7.65. The molecule has 0 bridgehead atoms. The van der Waals surface area contributed by atoms with E-state index < -0.39 is 0 Å². The van der Waals surface area contributed by atoms with E-state index in [1.807, 2.05) is 16.3 Å². The SMILES string of the molecule is CSCCCCCCn1cnnc1CCl. The van der Waals surface area contributed by atoms with E-state index in [0.29, 0.717) is 5.88 Å². The molecule has 0 unspecified atom stereocenters. The third-order valence-electron chi connectivity index (χ3n) is 2.31. The highest BCUT2D eigenvalue weighted by atomic mass is 35.5. The largest absolute Gasteiger partial charge is 0.317 e. The second-order valence-electron chi connectivity index (χ2n) is 3.48. The van der Waals surface area contributed by atoms with Crippen LogP contribution in [-0.4, -0.2) is 26.8 Å². The Morgan fingerprint density at radius 3 is 2.87 bits per heavy atom.